The summed E-state index contributed by atoms with van der Waals surface area (Å²) in [6, 6.07) is 6.50. The number of rotatable bonds is 7. The molecule has 0 aliphatic carbocycles. The van der Waals surface area contributed by atoms with Crippen molar-refractivity contribution in [2.75, 3.05) is 19.7 Å². The highest BCUT2D eigenvalue weighted by Gasteiger charge is 2.20. The Labute approximate surface area is 130 Å². The Morgan fingerprint density at radius 2 is 1.71 bits per heavy atom. The molecule has 4 N–H and O–H groups in total. The predicted molar refractivity (Wildman–Crippen MR) is 90.8 cm³/mol. The second-order valence-electron chi connectivity index (χ2n) is 7.33. The molecule has 0 aliphatic heterocycles. The predicted octanol–water partition coefficient (Wildman–Crippen LogP) is 3.10. The van der Waals surface area contributed by atoms with E-state index in [9.17, 15) is 0 Å². The summed E-state index contributed by atoms with van der Waals surface area (Å²) in [6.07, 6.45) is 0.931. The first-order chi connectivity index (χ1) is 9.77. The lowest BCUT2D eigenvalue weighted by molar-refractivity contribution is 0.265. The summed E-state index contributed by atoms with van der Waals surface area (Å²) in [5, 5.41) is 0. The van der Waals surface area contributed by atoms with Gasteiger partial charge in [-0.1, -0.05) is 46.8 Å². The fourth-order valence-electron chi connectivity index (χ4n) is 2.27. The zero-order valence-corrected chi connectivity index (χ0v) is 14.3. The van der Waals surface area contributed by atoms with Crippen LogP contribution in [0.5, 0.6) is 5.75 Å². The average molecular weight is 292 g/mol. The van der Waals surface area contributed by atoms with Gasteiger partial charge in [-0.05, 0) is 54.0 Å². The van der Waals surface area contributed by atoms with Crippen LogP contribution in [0.25, 0.3) is 0 Å². The molecule has 3 heteroatoms. The molecule has 1 aromatic carbocycles. The van der Waals surface area contributed by atoms with E-state index in [2.05, 4.69) is 52.8 Å². The second-order valence-corrected chi connectivity index (χ2v) is 7.33. The summed E-state index contributed by atoms with van der Waals surface area (Å²) in [5.74, 6) is 1.87. The molecule has 0 bridgehead atoms. The number of ether oxygens (including phenoxy) is 1. The summed E-state index contributed by atoms with van der Waals surface area (Å²) < 4.78 is 5.99. The van der Waals surface area contributed by atoms with Crippen LogP contribution in [0.3, 0.4) is 0 Å². The maximum atomic E-state index is 5.99. The van der Waals surface area contributed by atoms with Gasteiger partial charge in [0, 0.05) is 0 Å². The SMILES string of the molecule is CC(C)COc1ccc(CC(CN)CN)cc1C(C)(C)C. The molecule has 21 heavy (non-hydrogen) atoms. The molecule has 0 saturated carbocycles. The lowest BCUT2D eigenvalue weighted by Gasteiger charge is -2.25. The van der Waals surface area contributed by atoms with Gasteiger partial charge in [-0.15, -0.1) is 0 Å². The molecule has 0 amide bonds. The molecule has 0 atom stereocenters. The second kappa shape index (κ2) is 7.81. The van der Waals surface area contributed by atoms with Gasteiger partial charge in [-0.3, -0.25) is 0 Å². The summed E-state index contributed by atoms with van der Waals surface area (Å²) >= 11 is 0. The van der Waals surface area contributed by atoms with Crippen molar-refractivity contribution in [2.24, 2.45) is 23.3 Å². The molecule has 1 aromatic rings. The molecule has 0 heterocycles. The fraction of sp³-hybridized carbons (Fsp3) is 0.667. The zero-order chi connectivity index (χ0) is 16.0. The van der Waals surface area contributed by atoms with Gasteiger partial charge in [0.2, 0.25) is 0 Å². The van der Waals surface area contributed by atoms with Crippen LogP contribution >= 0.6 is 0 Å². The molecule has 0 spiro atoms. The van der Waals surface area contributed by atoms with E-state index in [0.717, 1.165) is 18.8 Å². The van der Waals surface area contributed by atoms with Crippen molar-refractivity contribution in [3.05, 3.63) is 29.3 Å². The van der Waals surface area contributed by atoms with E-state index >= 15 is 0 Å². The highest BCUT2D eigenvalue weighted by Crippen LogP contribution is 2.33. The van der Waals surface area contributed by atoms with Gasteiger partial charge in [0.1, 0.15) is 5.75 Å². The molecular weight excluding hydrogens is 260 g/mol. The van der Waals surface area contributed by atoms with E-state index in [1.807, 2.05) is 0 Å². The summed E-state index contributed by atoms with van der Waals surface area (Å²) in [7, 11) is 0. The Hall–Kier alpha value is -1.06. The van der Waals surface area contributed by atoms with Crippen molar-refractivity contribution in [3.8, 4) is 5.75 Å². The standard InChI is InChI=1S/C18H32N2O/c1-13(2)12-21-17-7-6-14(8-15(10-19)11-20)9-16(17)18(3,4)5/h6-7,9,13,15H,8,10-12,19-20H2,1-5H3. The van der Waals surface area contributed by atoms with Gasteiger partial charge in [0.05, 0.1) is 6.61 Å². The van der Waals surface area contributed by atoms with E-state index in [1.54, 1.807) is 0 Å². The molecule has 0 saturated heterocycles. The van der Waals surface area contributed by atoms with Crippen LogP contribution in [0, 0.1) is 11.8 Å². The topological polar surface area (TPSA) is 61.3 Å². The molecular formula is C18H32N2O. The molecule has 0 aliphatic rings. The van der Waals surface area contributed by atoms with Gasteiger partial charge in [-0.2, -0.15) is 0 Å². The number of benzene rings is 1. The molecule has 0 radical (unpaired) electrons. The smallest absolute Gasteiger partial charge is 0.123 e. The van der Waals surface area contributed by atoms with Crippen LogP contribution in [0.15, 0.2) is 18.2 Å². The van der Waals surface area contributed by atoms with E-state index in [-0.39, 0.29) is 5.41 Å². The van der Waals surface area contributed by atoms with Crippen molar-refractivity contribution in [3.63, 3.8) is 0 Å². The van der Waals surface area contributed by atoms with E-state index in [0.29, 0.717) is 24.9 Å². The molecule has 0 aromatic heterocycles. The Morgan fingerprint density at radius 1 is 1.10 bits per heavy atom. The molecule has 3 nitrogen and oxygen atoms in total. The first kappa shape index (κ1) is 18.0. The van der Waals surface area contributed by atoms with Crippen LogP contribution in [-0.2, 0) is 11.8 Å². The first-order valence-corrected chi connectivity index (χ1v) is 7.94. The Kier molecular flexibility index (Phi) is 6.69. The number of hydrogen-bond donors (Lipinski definition) is 2. The average Bonchev–Trinajstić information content (AvgIpc) is 2.41. The van der Waals surface area contributed by atoms with Gasteiger partial charge < -0.3 is 16.2 Å². The Bertz CT molecular complexity index is 431. The lowest BCUT2D eigenvalue weighted by atomic mass is 9.84. The largest absolute Gasteiger partial charge is 0.493 e. The van der Waals surface area contributed by atoms with Crippen molar-refractivity contribution < 1.29 is 4.74 Å². The molecule has 0 fully saturated rings. The molecule has 120 valence electrons. The summed E-state index contributed by atoms with van der Waals surface area (Å²) in [5.41, 5.74) is 14.1. The van der Waals surface area contributed by atoms with Crippen LogP contribution in [0.2, 0.25) is 0 Å². The minimum absolute atomic E-state index is 0.0588. The maximum Gasteiger partial charge on any atom is 0.123 e. The minimum Gasteiger partial charge on any atom is -0.493 e. The van der Waals surface area contributed by atoms with Crippen molar-refractivity contribution in [1.82, 2.24) is 0 Å². The first-order valence-electron chi connectivity index (χ1n) is 7.94. The highest BCUT2D eigenvalue weighted by molar-refractivity contribution is 5.41. The van der Waals surface area contributed by atoms with Crippen molar-refractivity contribution in [2.45, 2.75) is 46.5 Å². The lowest BCUT2D eigenvalue weighted by Crippen LogP contribution is -2.25. The normalized spacial score (nSPS) is 12.2. The van der Waals surface area contributed by atoms with Gasteiger partial charge >= 0.3 is 0 Å². The van der Waals surface area contributed by atoms with Crippen LogP contribution in [-0.4, -0.2) is 19.7 Å². The van der Waals surface area contributed by atoms with E-state index in [1.165, 1.54) is 11.1 Å². The van der Waals surface area contributed by atoms with Crippen LogP contribution < -0.4 is 16.2 Å². The van der Waals surface area contributed by atoms with Crippen LogP contribution in [0.4, 0.5) is 0 Å². The fourth-order valence-corrected chi connectivity index (χ4v) is 2.27. The third-order valence-electron chi connectivity index (χ3n) is 3.62. The van der Waals surface area contributed by atoms with Crippen LogP contribution in [0.1, 0.15) is 45.7 Å². The summed E-state index contributed by atoms with van der Waals surface area (Å²) in [6.45, 7) is 13.0. The highest BCUT2D eigenvalue weighted by atomic mass is 16.5. The van der Waals surface area contributed by atoms with Gasteiger partial charge in [-0.25, -0.2) is 0 Å². The third-order valence-corrected chi connectivity index (χ3v) is 3.62. The van der Waals surface area contributed by atoms with E-state index < -0.39 is 0 Å². The summed E-state index contributed by atoms with van der Waals surface area (Å²) in [4.78, 5) is 0. The Morgan fingerprint density at radius 3 is 2.19 bits per heavy atom. The monoisotopic (exact) mass is 292 g/mol. The van der Waals surface area contributed by atoms with Gasteiger partial charge in [0.25, 0.3) is 0 Å². The Balaban J connectivity index is 3.01. The third kappa shape index (κ3) is 5.68. The zero-order valence-electron chi connectivity index (χ0n) is 14.3. The number of hydrogen-bond acceptors (Lipinski definition) is 3. The number of nitrogens with two attached hydrogens (primary N) is 2. The quantitative estimate of drug-likeness (QED) is 0.812. The van der Waals surface area contributed by atoms with Crippen molar-refractivity contribution in [1.29, 1.82) is 0 Å². The maximum absolute atomic E-state index is 5.99. The molecule has 1 rings (SSSR count). The van der Waals surface area contributed by atoms with E-state index in [4.69, 9.17) is 16.2 Å². The van der Waals surface area contributed by atoms with Crippen molar-refractivity contribution >= 4 is 0 Å². The molecule has 0 unspecified atom stereocenters. The van der Waals surface area contributed by atoms with Gasteiger partial charge in [0.15, 0.2) is 0 Å². The minimum atomic E-state index is 0.0588.